The summed E-state index contributed by atoms with van der Waals surface area (Å²) in [5.41, 5.74) is 1.54. The van der Waals surface area contributed by atoms with E-state index in [4.69, 9.17) is 0 Å². The van der Waals surface area contributed by atoms with Gasteiger partial charge in [0.15, 0.2) is 0 Å². The molecule has 0 radical (unpaired) electrons. The Morgan fingerprint density at radius 2 is 1.90 bits per heavy atom. The number of carbonyl (C=O) groups is 2. The molecular weight excluding hydrogens is 270 g/mol. The molecule has 1 aromatic heterocycles. The van der Waals surface area contributed by atoms with E-state index in [1.54, 1.807) is 11.6 Å². The van der Waals surface area contributed by atoms with Crippen LogP contribution in [0.15, 0.2) is 0 Å². The minimum absolute atomic E-state index is 0.237. The van der Waals surface area contributed by atoms with E-state index < -0.39 is 17.4 Å². The van der Waals surface area contributed by atoms with Gasteiger partial charge in [0.25, 0.3) is 0 Å². The Hall–Kier alpha value is -1.85. The van der Waals surface area contributed by atoms with Crippen molar-refractivity contribution in [3.05, 3.63) is 17.0 Å². The number of hydrogen-bond donors (Lipinski definition) is 2. The zero-order chi connectivity index (χ0) is 15.8. The lowest BCUT2D eigenvalue weighted by molar-refractivity contribution is -0.147. The smallest absolute Gasteiger partial charge is 0.329 e. The number of nitrogens with zero attached hydrogens (tertiary/aromatic N) is 2. The van der Waals surface area contributed by atoms with Crippen molar-refractivity contribution in [2.75, 3.05) is 0 Å². The Labute approximate surface area is 124 Å². The van der Waals surface area contributed by atoms with Crippen LogP contribution in [0.5, 0.6) is 0 Å². The van der Waals surface area contributed by atoms with Crippen molar-refractivity contribution >= 4 is 11.9 Å². The monoisotopic (exact) mass is 293 g/mol. The number of nitrogens with one attached hydrogen (secondary N) is 1. The molecule has 21 heavy (non-hydrogen) atoms. The molecule has 1 aromatic rings. The Morgan fingerprint density at radius 1 is 1.33 bits per heavy atom. The predicted octanol–water partition coefficient (Wildman–Crippen LogP) is 1.65. The number of carboxylic acid groups (broad SMARTS) is 1. The van der Waals surface area contributed by atoms with Crippen LogP contribution in [0.4, 0.5) is 0 Å². The van der Waals surface area contributed by atoms with E-state index in [-0.39, 0.29) is 5.91 Å². The highest BCUT2D eigenvalue weighted by atomic mass is 16.4. The summed E-state index contributed by atoms with van der Waals surface area (Å²) in [6.45, 7) is 5.59. The summed E-state index contributed by atoms with van der Waals surface area (Å²) in [6, 6.07) is 0. The van der Waals surface area contributed by atoms with E-state index in [0.29, 0.717) is 12.8 Å². The summed E-state index contributed by atoms with van der Waals surface area (Å²) in [5, 5.41) is 16.5. The van der Waals surface area contributed by atoms with Crippen molar-refractivity contribution in [2.24, 2.45) is 7.05 Å². The SMILES string of the molecule is Cc1nn(C)c(C)c1C(C)C(=O)NC1(C(=O)O)CCCC1. The molecule has 1 atom stereocenters. The van der Waals surface area contributed by atoms with Gasteiger partial charge >= 0.3 is 5.97 Å². The van der Waals surface area contributed by atoms with Crippen molar-refractivity contribution in [2.45, 2.75) is 57.9 Å². The molecule has 1 fully saturated rings. The van der Waals surface area contributed by atoms with Crippen LogP contribution in [-0.4, -0.2) is 32.3 Å². The molecular formula is C15H23N3O3. The molecule has 1 heterocycles. The first-order valence-corrected chi connectivity index (χ1v) is 7.34. The molecule has 6 heteroatoms. The van der Waals surface area contributed by atoms with Gasteiger partial charge in [-0.05, 0) is 33.6 Å². The van der Waals surface area contributed by atoms with E-state index in [1.807, 2.05) is 20.9 Å². The quantitative estimate of drug-likeness (QED) is 0.884. The minimum Gasteiger partial charge on any atom is -0.480 e. The zero-order valence-electron chi connectivity index (χ0n) is 13.1. The summed E-state index contributed by atoms with van der Waals surface area (Å²) < 4.78 is 1.75. The molecule has 0 bridgehead atoms. The topological polar surface area (TPSA) is 84.2 Å². The maximum absolute atomic E-state index is 12.5. The van der Waals surface area contributed by atoms with E-state index in [1.165, 1.54) is 0 Å². The van der Waals surface area contributed by atoms with Crippen LogP contribution in [0.2, 0.25) is 0 Å². The van der Waals surface area contributed by atoms with Gasteiger partial charge in [0, 0.05) is 18.3 Å². The lowest BCUT2D eigenvalue weighted by atomic mass is 9.93. The number of hydrogen-bond acceptors (Lipinski definition) is 3. The lowest BCUT2D eigenvalue weighted by Crippen LogP contribution is -2.53. The molecule has 1 amide bonds. The highest BCUT2D eigenvalue weighted by Gasteiger charge is 2.43. The normalized spacial score (nSPS) is 18.5. The van der Waals surface area contributed by atoms with E-state index >= 15 is 0 Å². The first-order chi connectivity index (χ1) is 9.78. The molecule has 1 saturated carbocycles. The van der Waals surface area contributed by atoms with Gasteiger partial charge in [-0.3, -0.25) is 9.48 Å². The molecule has 2 rings (SSSR count). The van der Waals surface area contributed by atoms with Crippen molar-refractivity contribution in [1.29, 1.82) is 0 Å². The van der Waals surface area contributed by atoms with Gasteiger partial charge in [-0.2, -0.15) is 5.10 Å². The summed E-state index contributed by atoms with van der Waals surface area (Å²) in [7, 11) is 1.84. The third-order valence-electron chi connectivity index (χ3n) is 4.62. The summed E-state index contributed by atoms with van der Waals surface area (Å²) >= 11 is 0. The highest BCUT2D eigenvalue weighted by molar-refractivity contribution is 5.90. The first kappa shape index (κ1) is 15.5. The molecule has 0 spiro atoms. The molecule has 1 aliphatic rings. The maximum Gasteiger partial charge on any atom is 0.329 e. The zero-order valence-corrected chi connectivity index (χ0v) is 13.1. The van der Waals surface area contributed by atoms with Gasteiger partial charge in [-0.15, -0.1) is 0 Å². The average Bonchev–Trinajstić information content (AvgIpc) is 2.96. The fraction of sp³-hybridized carbons (Fsp3) is 0.667. The van der Waals surface area contributed by atoms with Crippen molar-refractivity contribution in [3.8, 4) is 0 Å². The van der Waals surface area contributed by atoms with Gasteiger partial charge < -0.3 is 10.4 Å². The van der Waals surface area contributed by atoms with E-state index in [2.05, 4.69) is 10.4 Å². The largest absolute Gasteiger partial charge is 0.480 e. The second-order valence-electron chi connectivity index (χ2n) is 6.01. The Morgan fingerprint density at radius 3 is 2.33 bits per heavy atom. The van der Waals surface area contributed by atoms with Gasteiger partial charge in [0.1, 0.15) is 5.54 Å². The number of aromatic nitrogens is 2. The molecule has 0 saturated heterocycles. The van der Waals surface area contributed by atoms with Crippen LogP contribution in [0.1, 0.15) is 55.5 Å². The summed E-state index contributed by atoms with van der Waals surface area (Å²) in [4.78, 5) is 24.0. The molecule has 6 nitrogen and oxygen atoms in total. The summed E-state index contributed by atoms with van der Waals surface area (Å²) in [5.74, 6) is -1.57. The van der Waals surface area contributed by atoms with Gasteiger partial charge in [-0.25, -0.2) is 4.79 Å². The third kappa shape index (κ3) is 2.66. The average molecular weight is 293 g/mol. The first-order valence-electron chi connectivity index (χ1n) is 7.34. The van der Waals surface area contributed by atoms with Gasteiger partial charge in [-0.1, -0.05) is 12.8 Å². The standard InChI is InChI=1S/C15H23N3O3/c1-9(12-10(2)17-18(4)11(12)3)13(19)16-15(14(20)21)7-5-6-8-15/h9H,5-8H2,1-4H3,(H,16,19)(H,20,21). The van der Waals surface area contributed by atoms with Crippen molar-refractivity contribution in [1.82, 2.24) is 15.1 Å². The van der Waals surface area contributed by atoms with E-state index in [9.17, 15) is 14.7 Å². The highest BCUT2D eigenvalue weighted by Crippen LogP contribution is 2.31. The molecule has 2 N–H and O–H groups in total. The lowest BCUT2D eigenvalue weighted by Gasteiger charge is -2.27. The van der Waals surface area contributed by atoms with E-state index in [0.717, 1.165) is 29.8 Å². The van der Waals surface area contributed by atoms with Crippen LogP contribution in [0, 0.1) is 13.8 Å². The van der Waals surface area contributed by atoms with Gasteiger partial charge in [0.2, 0.25) is 5.91 Å². The van der Waals surface area contributed by atoms with Crippen LogP contribution < -0.4 is 5.32 Å². The second-order valence-corrected chi connectivity index (χ2v) is 6.01. The van der Waals surface area contributed by atoms with Crippen LogP contribution >= 0.6 is 0 Å². The number of amides is 1. The fourth-order valence-corrected chi connectivity index (χ4v) is 3.26. The van der Waals surface area contributed by atoms with Crippen LogP contribution in [0.3, 0.4) is 0 Å². The Kier molecular flexibility index (Phi) is 4.07. The molecule has 0 aliphatic heterocycles. The van der Waals surface area contributed by atoms with Crippen LogP contribution in [-0.2, 0) is 16.6 Å². The number of carbonyl (C=O) groups excluding carboxylic acids is 1. The van der Waals surface area contributed by atoms with Gasteiger partial charge in [0.05, 0.1) is 11.6 Å². The third-order valence-corrected chi connectivity index (χ3v) is 4.62. The minimum atomic E-state index is -1.09. The molecule has 1 aliphatic carbocycles. The maximum atomic E-state index is 12.5. The Bertz CT molecular complexity index is 571. The molecule has 116 valence electrons. The number of aliphatic carboxylic acids is 1. The number of rotatable bonds is 4. The van der Waals surface area contributed by atoms with Crippen molar-refractivity contribution in [3.63, 3.8) is 0 Å². The summed E-state index contributed by atoms with van der Waals surface area (Å²) in [6.07, 6.45) is 2.69. The fourth-order valence-electron chi connectivity index (χ4n) is 3.26. The molecule has 0 aromatic carbocycles. The predicted molar refractivity (Wildman–Crippen MR) is 78.1 cm³/mol. The number of aryl methyl sites for hydroxylation is 2. The second kappa shape index (κ2) is 5.50. The van der Waals surface area contributed by atoms with Crippen molar-refractivity contribution < 1.29 is 14.7 Å². The Balaban J connectivity index is 2.21. The number of carboxylic acids is 1. The molecule has 1 unspecified atom stereocenters. The van der Waals surface area contributed by atoms with Crippen LogP contribution in [0.25, 0.3) is 0 Å².